The van der Waals surface area contributed by atoms with E-state index in [4.69, 9.17) is 19.2 Å². The second kappa shape index (κ2) is 13.7. The van der Waals surface area contributed by atoms with Crippen LogP contribution in [0, 0.1) is 0 Å². The summed E-state index contributed by atoms with van der Waals surface area (Å²) in [7, 11) is -4.64. The van der Waals surface area contributed by atoms with Crippen LogP contribution < -0.4 is 0 Å². The minimum Gasteiger partial charge on any atom is 0 e. The zero-order valence-electron chi connectivity index (χ0n) is 2.98. The molecular weight excluding hydrogens is 313 g/mol. The van der Waals surface area contributed by atoms with Gasteiger partial charge in [0.1, 0.15) is 0 Å². The normalized spacial score (nSPS) is 6.56. The molecule has 0 aliphatic heterocycles. The van der Waals surface area contributed by atoms with Crippen LogP contribution in [0.1, 0.15) is 0 Å². The molecule has 0 spiro atoms. The molecule has 9 heavy (non-hydrogen) atoms. The minimum atomic E-state index is -4.64. The van der Waals surface area contributed by atoms with Gasteiger partial charge in [-0.15, -0.1) is 0 Å². The van der Waals surface area contributed by atoms with Crippen LogP contribution in [-0.4, -0.2) is 69.8 Å². The molecule has 0 aliphatic rings. The van der Waals surface area contributed by atoms with Gasteiger partial charge in [0, 0.05) is 38.1 Å². The van der Waals surface area contributed by atoms with Crippen molar-refractivity contribution >= 4 is 62.9 Å². The van der Waals surface area contributed by atoms with E-state index >= 15 is 0 Å². The van der Waals surface area contributed by atoms with Crippen molar-refractivity contribution < 1.29 is 57.4 Å². The van der Waals surface area contributed by atoms with E-state index in [9.17, 15) is 0 Å². The van der Waals surface area contributed by atoms with Crippen molar-refractivity contribution in [2.24, 2.45) is 0 Å². The maximum Gasteiger partial charge on any atom is 0 e. The van der Waals surface area contributed by atoms with Gasteiger partial charge in [-0.3, -0.25) is 0 Å². The van der Waals surface area contributed by atoms with Crippen molar-refractivity contribution in [1.29, 1.82) is 0 Å². The average molecular weight is 321 g/mol. The Hall–Kier alpha value is 3.11. The summed E-state index contributed by atoms with van der Waals surface area (Å²) in [5, 5.41) is 0. The quantitative estimate of drug-likeness (QED) is 0.328. The fourth-order valence-electron chi connectivity index (χ4n) is 0. The summed E-state index contributed by atoms with van der Waals surface area (Å²) < 4.78 is 8.88. The maximum absolute atomic E-state index is 8.88. The smallest absolute Gasteiger partial charge is 0 e. The summed E-state index contributed by atoms with van der Waals surface area (Å²) >= 11 is 0. The Bertz CT molecular complexity index is 66.7. The molecule has 0 atom stereocenters. The average Bonchev–Trinajstić information content (AvgIpc) is 0.722. The molecule has 0 aliphatic carbocycles. The van der Waals surface area contributed by atoms with E-state index in [1.165, 1.54) is 0 Å². The van der Waals surface area contributed by atoms with Crippen LogP contribution in [0.4, 0.5) is 0 Å². The largest absolute Gasteiger partial charge is 0 e. The SMILES string of the molecule is O=P(O)(O)O.[AlH3].[CaH2].[Mn].[Mo]. The molecule has 0 unspecified atom stereocenters. The van der Waals surface area contributed by atoms with Crippen LogP contribution in [0.15, 0.2) is 0 Å². The van der Waals surface area contributed by atoms with Crippen LogP contribution >= 0.6 is 7.82 Å². The first kappa shape index (κ1) is 29.6. The number of hydrogen-bond acceptors (Lipinski definition) is 1. The summed E-state index contributed by atoms with van der Waals surface area (Å²) in [5.74, 6) is 0. The van der Waals surface area contributed by atoms with Crippen LogP contribution in [0.2, 0.25) is 0 Å². The summed E-state index contributed by atoms with van der Waals surface area (Å²) in [4.78, 5) is 21.6. The third-order valence-corrected chi connectivity index (χ3v) is 0. The van der Waals surface area contributed by atoms with Crippen LogP contribution in [0.25, 0.3) is 0 Å². The molecule has 0 aromatic carbocycles. The zero-order chi connectivity index (χ0) is 4.50. The van der Waals surface area contributed by atoms with Gasteiger partial charge in [0.25, 0.3) is 0 Å². The fraction of sp³-hybridized carbons (Fsp3) is 0. The molecule has 0 saturated heterocycles. The summed E-state index contributed by atoms with van der Waals surface area (Å²) in [6.45, 7) is 0. The van der Waals surface area contributed by atoms with Gasteiger partial charge in [-0.1, -0.05) is 0 Å². The Balaban J connectivity index is -0.0000000133. The summed E-state index contributed by atoms with van der Waals surface area (Å²) in [6.07, 6.45) is 0. The molecule has 0 rings (SSSR count). The van der Waals surface area contributed by atoms with Gasteiger partial charge in [-0.2, -0.15) is 0 Å². The molecule has 1 radical (unpaired) electrons. The Kier molecular flexibility index (Phi) is 45.0. The van der Waals surface area contributed by atoms with Crippen molar-refractivity contribution in [2.45, 2.75) is 0 Å². The fourth-order valence-corrected chi connectivity index (χ4v) is 0. The van der Waals surface area contributed by atoms with E-state index in [1.54, 1.807) is 0 Å². The Morgan fingerprint density at radius 1 is 1.11 bits per heavy atom. The third kappa shape index (κ3) is 95.3. The second-order valence-corrected chi connectivity index (χ2v) is 1.54. The molecule has 0 bridgehead atoms. The van der Waals surface area contributed by atoms with Crippen LogP contribution in [-0.2, 0) is 42.7 Å². The van der Waals surface area contributed by atoms with Crippen molar-refractivity contribution in [3.8, 4) is 0 Å². The molecule has 0 fully saturated rings. The summed E-state index contributed by atoms with van der Waals surface area (Å²) in [5.41, 5.74) is 0. The third-order valence-electron chi connectivity index (χ3n) is 0. The van der Waals surface area contributed by atoms with E-state index in [0.29, 0.717) is 0 Å². The molecular formula is H8AlCaMnMoO4P. The van der Waals surface area contributed by atoms with Gasteiger partial charge in [-0.25, -0.2) is 4.57 Å². The molecule has 55 valence electrons. The topological polar surface area (TPSA) is 77.8 Å². The van der Waals surface area contributed by atoms with Crippen molar-refractivity contribution in [1.82, 2.24) is 0 Å². The first-order valence-corrected chi connectivity index (χ1v) is 2.35. The van der Waals surface area contributed by atoms with Gasteiger partial charge >= 0.3 is 45.6 Å². The number of hydrogen-bond donors (Lipinski definition) is 3. The standard InChI is InChI=1S/Al.Ca.Mn.Mo.H3O4P.5H/c;;;;1-5(2,3)4;;;;;/h;;;;(H3,1,2,3,4);;;;;. The molecule has 0 aromatic heterocycles. The molecule has 0 amide bonds. The molecule has 4 nitrogen and oxygen atoms in total. The van der Waals surface area contributed by atoms with E-state index < -0.39 is 7.82 Å². The predicted molar refractivity (Wildman–Crippen MR) is 32.7 cm³/mol. The minimum absolute atomic E-state index is 0. The van der Waals surface area contributed by atoms with Gasteiger partial charge in [0.05, 0.1) is 0 Å². The molecule has 0 aromatic rings. The van der Waals surface area contributed by atoms with Gasteiger partial charge < -0.3 is 14.7 Å². The van der Waals surface area contributed by atoms with E-state index in [0.717, 1.165) is 0 Å². The predicted octanol–water partition coefficient (Wildman–Crippen LogP) is -3.03. The van der Waals surface area contributed by atoms with Gasteiger partial charge in [0.15, 0.2) is 17.4 Å². The summed E-state index contributed by atoms with van der Waals surface area (Å²) in [6, 6.07) is 0. The first-order valence-electron chi connectivity index (χ1n) is 0.783. The second-order valence-electron chi connectivity index (χ2n) is 0.513. The van der Waals surface area contributed by atoms with E-state index in [-0.39, 0.29) is 93.2 Å². The van der Waals surface area contributed by atoms with E-state index in [1.807, 2.05) is 0 Å². The van der Waals surface area contributed by atoms with Gasteiger partial charge in [-0.05, 0) is 0 Å². The molecule has 3 N–H and O–H groups in total. The number of rotatable bonds is 0. The van der Waals surface area contributed by atoms with Gasteiger partial charge in [0.2, 0.25) is 0 Å². The monoisotopic (exact) mass is 323 g/mol. The van der Waals surface area contributed by atoms with Crippen molar-refractivity contribution in [3.05, 3.63) is 0 Å². The molecule has 0 saturated carbocycles. The van der Waals surface area contributed by atoms with Crippen LogP contribution in [0.3, 0.4) is 0 Å². The van der Waals surface area contributed by atoms with Crippen molar-refractivity contribution in [3.63, 3.8) is 0 Å². The molecule has 0 heterocycles. The maximum atomic E-state index is 8.88. The zero-order valence-corrected chi connectivity index (χ0v) is 7.07. The Labute approximate surface area is 118 Å². The Morgan fingerprint density at radius 2 is 1.11 bits per heavy atom. The van der Waals surface area contributed by atoms with Crippen molar-refractivity contribution in [2.75, 3.05) is 0 Å². The Morgan fingerprint density at radius 3 is 1.11 bits per heavy atom. The molecule has 9 heteroatoms. The van der Waals surface area contributed by atoms with E-state index in [2.05, 4.69) is 0 Å². The van der Waals surface area contributed by atoms with Crippen LogP contribution in [0.5, 0.6) is 0 Å². The first-order chi connectivity index (χ1) is 2.00. The number of phosphoric acid groups is 1.